The topological polar surface area (TPSA) is 67.2 Å². The molecule has 2 rings (SSSR count). The highest BCUT2D eigenvalue weighted by atomic mass is 79.9. The first kappa shape index (κ1) is 16.0. The maximum atomic E-state index is 12.5. The van der Waals surface area contributed by atoms with E-state index in [0.717, 1.165) is 28.8 Å². The maximum Gasteiger partial charge on any atom is 0.248 e. The van der Waals surface area contributed by atoms with Crippen LogP contribution in [0.25, 0.3) is 0 Å². The second-order valence-corrected chi connectivity index (χ2v) is 6.50. The Kier molecular flexibility index (Phi) is 4.41. The number of aryl methyl sites for hydroxylation is 2. The molecule has 0 saturated carbocycles. The van der Waals surface area contributed by atoms with E-state index in [1.54, 1.807) is 18.7 Å². The molecule has 1 aliphatic heterocycles. The quantitative estimate of drug-likeness (QED) is 0.887. The second-order valence-electron chi connectivity index (χ2n) is 5.71. The largest absolute Gasteiger partial charge is 0.341 e. The van der Waals surface area contributed by atoms with E-state index in [0.29, 0.717) is 6.54 Å². The van der Waals surface area contributed by atoms with Gasteiger partial charge in [0.25, 0.3) is 0 Å². The van der Waals surface area contributed by atoms with E-state index in [4.69, 9.17) is 0 Å². The normalized spacial score (nSPS) is 18.0. The molecule has 0 spiro atoms. The smallest absolute Gasteiger partial charge is 0.248 e. The minimum atomic E-state index is -0.855. The van der Waals surface area contributed by atoms with E-state index in [1.807, 2.05) is 18.5 Å². The fraction of sp³-hybridized carbons (Fsp3) is 0.643. The van der Waals surface area contributed by atoms with Gasteiger partial charge in [0.1, 0.15) is 12.1 Å². The Morgan fingerprint density at radius 1 is 1.33 bits per heavy atom. The monoisotopic (exact) mass is 356 g/mol. The molecule has 116 valence electrons. The van der Waals surface area contributed by atoms with Crippen LogP contribution in [0.2, 0.25) is 0 Å². The Bertz CT molecular complexity index is 580. The van der Waals surface area contributed by atoms with Gasteiger partial charge in [0.05, 0.1) is 22.4 Å². The fourth-order valence-corrected chi connectivity index (χ4v) is 3.25. The number of nitrogens with zero attached hydrogens (tertiary/aromatic N) is 3. The molecule has 1 aromatic heterocycles. The number of hydrogen-bond acceptors (Lipinski definition) is 3. The highest BCUT2D eigenvalue weighted by Crippen LogP contribution is 2.25. The molecule has 1 aliphatic rings. The third-order valence-corrected chi connectivity index (χ3v) is 4.56. The van der Waals surface area contributed by atoms with Crippen molar-refractivity contribution in [3.8, 4) is 0 Å². The van der Waals surface area contributed by atoms with Crippen LogP contribution in [0.4, 0.5) is 0 Å². The van der Waals surface area contributed by atoms with Gasteiger partial charge in [0.2, 0.25) is 11.8 Å². The average molecular weight is 357 g/mol. The van der Waals surface area contributed by atoms with Gasteiger partial charge in [-0.2, -0.15) is 5.10 Å². The maximum absolute atomic E-state index is 12.5. The zero-order chi connectivity index (χ0) is 15.8. The van der Waals surface area contributed by atoms with Crippen molar-refractivity contribution in [3.63, 3.8) is 0 Å². The summed E-state index contributed by atoms with van der Waals surface area (Å²) in [6.45, 7) is 8.70. The van der Waals surface area contributed by atoms with E-state index in [2.05, 4.69) is 26.3 Å². The van der Waals surface area contributed by atoms with Gasteiger partial charge < -0.3 is 10.2 Å². The molecule has 1 saturated heterocycles. The summed E-state index contributed by atoms with van der Waals surface area (Å²) in [4.78, 5) is 25.8. The average Bonchev–Trinajstić information content (AvgIpc) is 2.71. The summed E-state index contributed by atoms with van der Waals surface area (Å²) < 4.78 is 2.82. The third kappa shape index (κ3) is 2.97. The zero-order valence-electron chi connectivity index (χ0n) is 12.9. The molecule has 0 aliphatic carbocycles. The minimum absolute atomic E-state index is 0.0732. The van der Waals surface area contributed by atoms with E-state index in [1.165, 1.54) is 0 Å². The number of aromatic nitrogens is 2. The molecule has 1 N–H and O–H groups in total. The molecule has 0 bridgehead atoms. The summed E-state index contributed by atoms with van der Waals surface area (Å²) in [5.74, 6) is -0.204. The molecule has 2 amide bonds. The Labute approximate surface area is 133 Å². The predicted octanol–water partition coefficient (Wildman–Crippen LogP) is 1.46. The minimum Gasteiger partial charge on any atom is -0.341 e. The first-order valence-corrected chi connectivity index (χ1v) is 7.93. The van der Waals surface area contributed by atoms with Gasteiger partial charge in [-0.15, -0.1) is 0 Å². The van der Waals surface area contributed by atoms with Crippen LogP contribution in [-0.4, -0.2) is 38.6 Å². The van der Waals surface area contributed by atoms with Crippen molar-refractivity contribution >= 4 is 27.7 Å². The van der Waals surface area contributed by atoms with E-state index < -0.39 is 5.54 Å². The van der Waals surface area contributed by atoms with Gasteiger partial charge in [-0.05, 0) is 43.1 Å². The lowest BCUT2D eigenvalue weighted by molar-refractivity contribution is -0.149. The zero-order valence-corrected chi connectivity index (χ0v) is 14.5. The van der Waals surface area contributed by atoms with Crippen molar-refractivity contribution < 1.29 is 9.59 Å². The molecular weight excluding hydrogens is 336 g/mol. The lowest BCUT2D eigenvalue weighted by Gasteiger charge is -2.37. The lowest BCUT2D eigenvalue weighted by Crippen LogP contribution is -2.63. The molecule has 0 radical (unpaired) electrons. The number of hydrogen-bond donors (Lipinski definition) is 1. The number of nitrogens with one attached hydrogen (secondary N) is 1. The Morgan fingerprint density at radius 3 is 2.57 bits per heavy atom. The molecule has 6 nitrogen and oxygen atoms in total. The van der Waals surface area contributed by atoms with Crippen molar-refractivity contribution in [2.45, 2.75) is 52.7 Å². The summed E-state index contributed by atoms with van der Waals surface area (Å²) in [5.41, 5.74) is 1.06. The fourth-order valence-electron chi connectivity index (χ4n) is 2.56. The van der Waals surface area contributed by atoms with Crippen molar-refractivity contribution in [3.05, 3.63) is 15.9 Å². The van der Waals surface area contributed by atoms with Crippen molar-refractivity contribution in [2.24, 2.45) is 0 Å². The molecular formula is C14H21BrN4O2. The first-order valence-electron chi connectivity index (χ1n) is 7.14. The number of carbonyl (C=O) groups excluding carboxylic acids is 2. The summed E-state index contributed by atoms with van der Waals surface area (Å²) >= 11 is 3.57. The molecule has 1 aromatic rings. The number of rotatable bonds is 4. The van der Waals surface area contributed by atoms with Crippen LogP contribution in [0, 0.1) is 0 Å². The lowest BCUT2D eigenvalue weighted by atomic mass is 10.0. The summed E-state index contributed by atoms with van der Waals surface area (Å²) in [7, 11) is 0. The number of carbonyl (C=O) groups is 2. The van der Waals surface area contributed by atoms with Gasteiger partial charge in [0, 0.05) is 6.54 Å². The van der Waals surface area contributed by atoms with Crippen LogP contribution in [-0.2, 0) is 29.1 Å². The molecule has 0 unspecified atom stereocenters. The SMILES string of the molecule is CCc1nn(CC)c(CN2CC(=O)NC(C)(C)C2=O)c1Br. The van der Waals surface area contributed by atoms with Crippen LogP contribution in [0.5, 0.6) is 0 Å². The molecule has 0 atom stereocenters. The number of halogens is 1. The molecule has 21 heavy (non-hydrogen) atoms. The van der Waals surface area contributed by atoms with Gasteiger partial charge in [0.15, 0.2) is 0 Å². The van der Waals surface area contributed by atoms with Crippen LogP contribution >= 0.6 is 15.9 Å². The van der Waals surface area contributed by atoms with Crippen LogP contribution in [0.1, 0.15) is 39.1 Å². The predicted molar refractivity (Wildman–Crippen MR) is 82.6 cm³/mol. The van der Waals surface area contributed by atoms with E-state index in [-0.39, 0.29) is 18.4 Å². The van der Waals surface area contributed by atoms with Gasteiger partial charge >= 0.3 is 0 Å². The van der Waals surface area contributed by atoms with Crippen molar-refractivity contribution in [1.82, 2.24) is 20.0 Å². The van der Waals surface area contributed by atoms with Gasteiger partial charge in [-0.1, -0.05) is 6.92 Å². The van der Waals surface area contributed by atoms with Gasteiger partial charge in [-0.3, -0.25) is 14.3 Å². The molecule has 2 heterocycles. The van der Waals surface area contributed by atoms with E-state index >= 15 is 0 Å². The highest BCUT2D eigenvalue weighted by molar-refractivity contribution is 9.10. The van der Waals surface area contributed by atoms with Crippen LogP contribution in [0.15, 0.2) is 4.47 Å². The molecule has 0 aromatic carbocycles. The molecule has 1 fully saturated rings. The molecule has 7 heteroatoms. The Morgan fingerprint density at radius 2 is 2.00 bits per heavy atom. The Hall–Kier alpha value is -1.37. The standard InChI is InChI=1S/C14H21BrN4O2/c1-5-9-12(15)10(19(6-2)17-9)7-18-8-11(20)16-14(3,4)13(18)21/h5-8H2,1-4H3,(H,16,20). The summed E-state index contributed by atoms with van der Waals surface area (Å²) in [6, 6.07) is 0. The van der Waals surface area contributed by atoms with Crippen molar-refractivity contribution in [2.75, 3.05) is 6.54 Å². The number of piperazine rings is 1. The first-order chi connectivity index (χ1) is 9.80. The summed E-state index contributed by atoms with van der Waals surface area (Å²) in [5, 5.41) is 7.24. The van der Waals surface area contributed by atoms with Gasteiger partial charge in [-0.25, -0.2) is 0 Å². The van der Waals surface area contributed by atoms with Crippen molar-refractivity contribution in [1.29, 1.82) is 0 Å². The highest BCUT2D eigenvalue weighted by Gasteiger charge is 2.39. The second kappa shape index (κ2) is 5.79. The van der Waals surface area contributed by atoms with Crippen LogP contribution in [0.3, 0.4) is 0 Å². The van der Waals surface area contributed by atoms with E-state index in [9.17, 15) is 9.59 Å². The Balaban J connectivity index is 2.31. The van der Waals surface area contributed by atoms with Crippen LogP contribution < -0.4 is 5.32 Å². The number of amides is 2. The summed E-state index contributed by atoms with van der Waals surface area (Å²) in [6.07, 6.45) is 0.820. The third-order valence-electron chi connectivity index (χ3n) is 3.64.